The molecule has 4 nitrogen and oxygen atoms in total. The van der Waals surface area contributed by atoms with Gasteiger partial charge in [0, 0.05) is 0 Å². The number of rotatable bonds is 12. The Morgan fingerprint density at radius 2 is 0.733 bits per heavy atom. The van der Waals surface area contributed by atoms with E-state index in [2.05, 4.69) is 55.4 Å². The van der Waals surface area contributed by atoms with E-state index in [1.807, 2.05) is 0 Å². The van der Waals surface area contributed by atoms with E-state index in [0.29, 0.717) is 11.1 Å². The van der Waals surface area contributed by atoms with Crippen LogP contribution in [0.4, 0.5) is 0 Å². The van der Waals surface area contributed by atoms with Gasteiger partial charge < -0.3 is 0 Å². The molecule has 1 rings (SSSR count). The second kappa shape index (κ2) is 10.1. The third-order valence-electron chi connectivity index (χ3n) is 8.44. The molecule has 0 bridgehead atoms. The van der Waals surface area contributed by atoms with Crippen molar-refractivity contribution >= 4 is 25.6 Å². The number of carbonyl (C=O) groups is 2. The molecule has 0 aliphatic carbocycles. The summed E-state index contributed by atoms with van der Waals surface area (Å²) in [4.78, 5) is 25.9. The third kappa shape index (κ3) is 4.91. The Morgan fingerprint density at radius 3 is 0.900 bits per heavy atom. The summed E-state index contributed by atoms with van der Waals surface area (Å²) < 4.78 is 12.5. The number of hydrogen-bond donors (Lipinski definition) is 0. The molecule has 0 spiro atoms. The van der Waals surface area contributed by atoms with Crippen LogP contribution in [-0.4, -0.2) is 61.2 Å². The first-order chi connectivity index (χ1) is 14.1. The van der Waals surface area contributed by atoms with Gasteiger partial charge in [-0.2, -0.15) is 0 Å². The number of hydrogen-bond acceptors (Lipinski definition) is 4. The van der Waals surface area contributed by atoms with Crippen LogP contribution in [0.1, 0.15) is 76.1 Å². The van der Waals surface area contributed by atoms with Crippen LogP contribution < -0.4 is 0 Å². The summed E-state index contributed by atoms with van der Waals surface area (Å²) >= 11 is 0. The Kier molecular flexibility index (Phi) is 9.10. The van der Waals surface area contributed by atoms with Gasteiger partial charge in [-0.05, 0) is 0 Å². The summed E-state index contributed by atoms with van der Waals surface area (Å²) in [6.45, 7) is 12.1. The first kappa shape index (κ1) is 27.1. The summed E-state index contributed by atoms with van der Waals surface area (Å²) in [7, 11) is 0. The molecule has 0 amide bonds. The van der Waals surface area contributed by atoms with E-state index in [4.69, 9.17) is 9.05 Å². The number of benzene rings is 1. The Morgan fingerprint density at radius 1 is 0.533 bits per heavy atom. The van der Waals surface area contributed by atoms with Crippen LogP contribution >= 0.6 is 13.7 Å². The van der Waals surface area contributed by atoms with Crippen molar-refractivity contribution in [2.75, 3.05) is 49.3 Å². The average Bonchev–Trinajstić information content (AvgIpc) is 2.82. The van der Waals surface area contributed by atoms with Crippen molar-refractivity contribution in [1.29, 1.82) is 0 Å². The summed E-state index contributed by atoms with van der Waals surface area (Å²) in [5, 5.41) is 0. The molecule has 0 radical (unpaired) electrons. The minimum absolute atomic E-state index is 0.274. The van der Waals surface area contributed by atoms with Crippen molar-refractivity contribution in [3.63, 3.8) is 0 Å². The molecule has 6 heteroatoms. The van der Waals surface area contributed by atoms with Crippen LogP contribution in [0.2, 0.25) is 0 Å². The first-order valence-corrected chi connectivity index (χ1v) is 17.5. The molecular weight excluding hydrogens is 414 g/mol. The fraction of sp³-hybridized carbons (Fsp3) is 0.667. The van der Waals surface area contributed by atoms with E-state index in [1.54, 1.807) is 24.3 Å². The predicted molar refractivity (Wildman–Crippen MR) is 135 cm³/mol. The molecule has 30 heavy (non-hydrogen) atoms. The van der Waals surface area contributed by atoms with Gasteiger partial charge in [0.2, 0.25) is 0 Å². The zero-order chi connectivity index (χ0) is 23.1. The topological polar surface area (TPSA) is 52.6 Å². The van der Waals surface area contributed by atoms with E-state index in [9.17, 15) is 9.59 Å². The van der Waals surface area contributed by atoms with Crippen molar-refractivity contribution in [1.82, 2.24) is 0 Å². The molecule has 0 aliphatic rings. The zero-order valence-electron chi connectivity index (χ0n) is 20.5. The molecule has 1 aromatic rings. The summed E-state index contributed by atoms with van der Waals surface area (Å²) in [5.41, 5.74) is 0.998. The van der Waals surface area contributed by atoms with E-state index in [0.717, 1.165) is 49.3 Å². The number of carbonyl (C=O) groups excluding carboxylic acids is 2. The zero-order valence-corrected chi connectivity index (χ0v) is 22.3. The van der Waals surface area contributed by atoms with Crippen LogP contribution in [0.5, 0.6) is 0 Å². The Balaban J connectivity index is 3.11. The van der Waals surface area contributed by atoms with Gasteiger partial charge >= 0.3 is 184 Å². The Hall–Kier alpha value is -0.980. The van der Waals surface area contributed by atoms with E-state index in [1.165, 1.54) is 0 Å². The second-order valence-corrected chi connectivity index (χ2v) is 21.4. The standard InChI is InChI=1S/C24H44O4P2/c1-9-29(10-2,11-3,12-4)27-23(25)21-17-19-22(20-18-21)24(26)28-30(13-5,14-6,15-7)16-8/h17-20H,9-16H2,1-8H3. The predicted octanol–water partition coefficient (Wildman–Crippen LogP) is 7.10. The molecule has 0 aliphatic heterocycles. The molecule has 1 aromatic carbocycles. The average molecular weight is 459 g/mol. The van der Waals surface area contributed by atoms with Crippen LogP contribution in [0, 0.1) is 0 Å². The Labute approximate surface area is 184 Å². The quantitative estimate of drug-likeness (QED) is 0.314. The fourth-order valence-electron chi connectivity index (χ4n) is 4.52. The molecule has 0 heterocycles. The molecule has 0 aromatic heterocycles. The van der Waals surface area contributed by atoms with Gasteiger partial charge in [0.05, 0.1) is 0 Å². The first-order valence-electron chi connectivity index (χ1n) is 11.7. The van der Waals surface area contributed by atoms with E-state index in [-0.39, 0.29) is 11.9 Å². The fourth-order valence-corrected chi connectivity index (χ4v) is 12.1. The molecule has 0 saturated carbocycles. The van der Waals surface area contributed by atoms with Gasteiger partial charge in [0.15, 0.2) is 0 Å². The van der Waals surface area contributed by atoms with Gasteiger partial charge in [0.1, 0.15) is 0 Å². The molecule has 0 unspecified atom stereocenters. The minimum atomic E-state index is -2.50. The van der Waals surface area contributed by atoms with Crippen molar-refractivity contribution < 1.29 is 18.6 Å². The van der Waals surface area contributed by atoms with Gasteiger partial charge in [-0.15, -0.1) is 0 Å². The van der Waals surface area contributed by atoms with Gasteiger partial charge in [0.25, 0.3) is 0 Å². The molecule has 0 atom stereocenters. The van der Waals surface area contributed by atoms with Crippen LogP contribution in [-0.2, 0) is 9.05 Å². The maximum atomic E-state index is 12.9. The van der Waals surface area contributed by atoms with Crippen LogP contribution in [0.25, 0.3) is 0 Å². The van der Waals surface area contributed by atoms with Gasteiger partial charge in [-0.25, -0.2) is 0 Å². The van der Waals surface area contributed by atoms with Crippen molar-refractivity contribution in [3.8, 4) is 0 Å². The second-order valence-electron chi connectivity index (χ2n) is 8.58. The van der Waals surface area contributed by atoms with Gasteiger partial charge in [-0.1, -0.05) is 0 Å². The van der Waals surface area contributed by atoms with Crippen molar-refractivity contribution in [2.24, 2.45) is 0 Å². The molecule has 0 saturated heterocycles. The van der Waals surface area contributed by atoms with Crippen LogP contribution in [0.3, 0.4) is 0 Å². The van der Waals surface area contributed by atoms with Crippen LogP contribution in [0.15, 0.2) is 24.3 Å². The monoisotopic (exact) mass is 458 g/mol. The maximum absolute atomic E-state index is 12.9. The summed E-state index contributed by atoms with van der Waals surface area (Å²) in [5.74, 6) is -0.548. The summed E-state index contributed by atoms with van der Waals surface area (Å²) in [6.07, 6.45) is 7.23. The Bertz CT molecular complexity index is 624. The summed E-state index contributed by atoms with van der Waals surface area (Å²) in [6, 6.07) is 6.80. The van der Waals surface area contributed by atoms with Crippen molar-refractivity contribution in [3.05, 3.63) is 35.4 Å². The molecular formula is C24H44O4P2. The third-order valence-corrected chi connectivity index (χ3v) is 22.6. The molecule has 174 valence electrons. The SMILES string of the molecule is CCP(CC)(CC)(CC)OC(=O)c1ccc(C(=O)OP(CC)(CC)(CC)CC)cc1. The van der Waals surface area contributed by atoms with Crippen molar-refractivity contribution in [2.45, 2.75) is 55.4 Å². The van der Waals surface area contributed by atoms with Gasteiger partial charge in [-0.3, -0.25) is 0 Å². The molecule has 0 fully saturated rings. The van der Waals surface area contributed by atoms with E-state index < -0.39 is 13.7 Å². The molecule has 0 N–H and O–H groups in total. The van der Waals surface area contributed by atoms with E-state index >= 15 is 0 Å². The normalized spacial score (nSPS) is 14.8.